The number of rotatable bonds is 0. The van der Waals surface area contributed by atoms with Gasteiger partial charge in [-0.3, -0.25) is 4.79 Å². The highest BCUT2D eigenvalue weighted by Gasteiger charge is 2.42. The predicted octanol–water partition coefficient (Wildman–Crippen LogP) is 1.76. The van der Waals surface area contributed by atoms with E-state index in [1.54, 1.807) is 12.1 Å². The number of benzene rings is 1. The predicted molar refractivity (Wildman–Crippen MR) is 62.6 cm³/mol. The number of carbonyl (C=O) groups is 1. The Hall–Kier alpha value is -1.25. The maximum atomic E-state index is 12.1. The second-order valence-electron chi connectivity index (χ2n) is 4.85. The molecule has 2 nitrogen and oxygen atoms in total. The quantitative estimate of drug-likeness (QED) is 0.612. The molecule has 1 saturated carbocycles. The molecule has 0 unspecified atom stereocenters. The molecule has 2 radical (unpaired) electrons. The SMILES string of the molecule is [B]c1ccc2c(c1)C(=O)CC1(CCCC1)O2. The van der Waals surface area contributed by atoms with Crippen molar-refractivity contribution in [1.82, 2.24) is 0 Å². The first kappa shape index (κ1) is 9.94. The minimum atomic E-state index is -0.208. The van der Waals surface area contributed by atoms with E-state index in [1.165, 1.54) is 0 Å². The summed E-state index contributed by atoms with van der Waals surface area (Å²) in [6.45, 7) is 0. The van der Waals surface area contributed by atoms with Gasteiger partial charge >= 0.3 is 0 Å². The van der Waals surface area contributed by atoms with Crippen LogP contribution in [0.25, 0.3) is 0 Å². The molecule has 1 spiro atoms. The maximum absolute atomic E-state index is 12.1. The normalized spacial score (nSPS) is 21.9. The number of Topliss-reactive ketones (excluding diaryl/α,β-unsaturated/α-hetero) is 1. The average Bonchev–Trinajstić information content (AvgIpc) is 2.68. The summed E-state index contributed by atoms with van der Waals surface area (Å²) in [6, 6.07) is 5.33. The summed E-state index contributed by atoms with van der Waals surface area (Å²) in [4.78, 5) is 12.1. The van der Waals surface area contributed by atoms with Crippen molar-refractivity contribution in [2.75, 3.05) is 0 Å². The first-order chi connectivity index (χ1) is 7.69. The maximum Gasteiger partial charge on any atom is 0.170 e. The van der Waals surface area contributed by atoms with Crippen LogP contribution >= 0.6 is 0 Å². The van der Waals surface area contributed by atoms with Gasteiger partial charge < -0.3 is 4.74 Å². The van der Waals surface area contributed by atoms with E-state index in [4.69, 9.17) is 12.6 Å². The Bertz CT molecular complexity index is 447. The molecule has 0 atom stereocenters. The van der Waals surface area contributed by atoms with Crippen LogP contribution in [-0.4, -0.2) is 19.2 Å². The molecule has 3 heteroatoms. The average molecular weight is 212 g/mol. The van der Waals surface area contributed by atoms with Crippen LogP contribution in [0.5, 0.6) is 5.75 Å². The van der Waals surface area contributed by atoms with Crippen molar-refractivity contribution in [2.24, 2.45) is 0 Å². The molecule has 0 aromatic heterocycles. The monoisotopic (exact) mass is 212 g/mol. The Morgan fingerprint density at radius 1 is 1.25 bits per heavy atom. The topological polar surface area (TPSA) is 26.3 Å². The van der Waals surface area contributed by atoms with E-state index in [1.807, 2.05) is 6.07 Å². The van der Waals surface area contributed by atoms with Crippen LogP contribution in [-0.2, 0) is 0 Å². The van der Waals surface area contributed by atoms with Gasteiger partial charge in [0.2, 0.25) is 0 Å². The molecule has 0 bridgehead atoms. The molecule has 1 aliphatic heterocycles. The largest absolute Gasteiger partial charge is 0.486 e. The summed E-state index contributed by atoms with van der Waals surface area (Å²) in [5, 5.41) is 0. The molecule has 3 rings (SSSR count). The fraction of sp³-hybridized carbons (Fsp3) is 0.462. The van der Waals surface area contributed by atoms with Gasteiger partial charge in [-0.2, -0.15) is 0 Å². The van der Waals surface area contributed by atoms with Gasteiger partial charge in [0.25, 0.3) is 0 Å². The van der Waals surface area contributed by atoms with Crippen molar-refractivity contribution in [3.63, 3.8) is 0 Å². The van der Waals surface area contributed by atoms with Gasteiger partial charge in [-0.25, -0.2) is 0 Å². The van der Waals surface area contributed by atoms with Gasteiger partial charge in [0.05, 0.1) is 12.0 Å². The molecule has 1 heterocycles. The molecule has 1 aliphatic carbocycles. The number of hydrogen-bond donors (Lipinski definition) is 0. The Morgan fingerprint density at radius 3 is 2.75 bits per heavy atom. The lowest BCUT2D eigenvalue weighted by Gasteiger charge is -2.34. The van der Waals surface area contributed by atoms with Crippen LogP contribution in [0.1, 0.15) is 42.5 Å². The van der Waals surface area contributed by atoms with Crippen LogP contribution in [0.2, 0.25) is 0 Å². The zero-order chi connectivity index (χ0) is 11.2. The summed E-state index contributed by atoms with van der Waals surface area (Å²) < 4.78 is 6.03. The van der Waals surface area contributed by atoms with Crippen molar-refractivity contribution < 1.29 is 9.53 Å². The van der Waals surface area contributed by atoms with Gasteiger partial charge in [-0.05, 0) is 31.7 Å². The summed E-state index contributed by atoms with van der Waals surface area (Å²) in [6.07, 6.45) is 4.85. The highest BCUT2D eigenvalue weighted by atomic mass is 16.5. The third-order valence-electron chi connectivity index (χ3n) is 3.63. The van der Waals surface area contributed by atoms with E-state index in [0.717, 1.165) is 25.7 Å². The van der Waals surface area contributed by atoms with Crippen molar-refractivity contribution in [3.05, 3.63) is 23.8 Å². The van der Waals surface area contributed by atoms with Crippen LogP contribution in [0.4, 0.5) is 0 Å². The number of carbonyl (C=O) groups excluding carboxylic acids is 1. The second-order valence-corrected chi connectivity index (χ2v) is 4.85. The van der Waals surface area contributed by atoms with Crippen LogP contribution < -0.4 is 10.2 Å². The highest BCUT2D eigenvalue weighted by Crippen LogP contribution is 2.42. The van der Waals surface area contributed by atoms with Crippen molar-refractivity contribution in [3.8, 4) is 5.75 Å². The number of fused-ring (bicyclic) bond motifs is 1. The highest BCUT2D eigenvalue weighted by molar-refractivity contribution is 6.32. The van der Waals surface area contributed by atoms with Crippen molar-refractivity contribution >= 4 is 19.1 Å². The van der Waals surface area contributed by atoms with Crippen LogP contribution in [0.15, 0.2) is 18.2 Å². The number of ketones is 1. The van der Waals surface area contributed by atoms with Crippen LogP contribution in [0, 0.1) is 0 Å². The Morgan fingerprint density at radius 2 is 2.00 bits per heavy atom. The second kappa shape index (κ2) is 3.37. The summed E-state index contributed by atoms with van der Waals surface area (Å²) in [7, 11) is 5.68. The van der Waals surface area contributed by atoms with E-state index >= 15 is 0 Å². The van der Waals surface area contributed by atoms with E-state index in [9.17, 15) is 4.79 Å². The molecule has 16 heavy (non-hydrogen) atoms. The smallest absolute Gasteiger partial charge is 0.170 e. The summed E-state index contributed by atoms with van der Waals surface area (Å²) >= 11 is 0. The minimum Gasteiger partial charge on any atom is -0.486 e. The molecular weight excluding hydrogens is 199 g/mol. The van der Waals surface area contributed by atoms with E-state index in [2.05, 4.69) is 0 Å². The lowest BCUT2D eigenvalue weighted by Crippen LogP contribution is -2.39. The zero-order valence-electron chi connectivity index (χ0n) is 9.16. The van der Waals surface area contributed by atoms with Gasteiger partial charge in [-0.1, -0.05) is 17.6 Å². The lowest BCUT2D eigenvalue weighted by molar-refractivity contribution is 0.0451. The fourth-order valence-corrected chi connectivity index (χ4v) is 2.81. The van der Waals surface area contributed by atoms with Gasteiger partial charge in [-0.15, -0.1) is 0 Å². The Kier molecular flexibility index (Phi) is 2.10. The van der Waals surface area contributed by atoms with Gasteiger partial charge in [0, 0.05) is 0 Å². The Balaban J connectivity index is 2.02. The molecule has 0 amide bonds. The Labute approximate surface area is 96.4 Å². The molecule has 0 N–H and O–H groups in total. The number of hydrogen-bond acceptors (Lipinski definition) is 2. The van der Waals surface area contributed by atoms with Crippen molar-refractivity contribution in [1.29, 1.82) is 0 Å². The fourth-order valence-electron chi connectivity index (χ4n) is 2.81. The molecule has 1 aromatic carbocycles. The number of ether oxygens (including phenoxy) is 1. The van der Waals surface area contributed by atoms with E-state index in [-0.39, 0.29) is 11.4 Å². The molecule has 80 valence electrons. The third-order valence-corrected chi connectivity index (χ3v) is 3.63. The lowest BCUT2D eigenvalue weighted by atomic mass is 9.85. The van der Waals surface area contributed by atoms with Crippen molar-refractivity contribution in [2.45, 2.75) is 37.7 Å². The third kappa shape index (κ3) is 1.46. The van der Waals surface area contributed by atoms with E-state index < -0.39 is 0 Å². The van der Waals surface area contributed by atoms with Gasteiger partial charge in [0.15, 0.2) is 5.78 Å². The molecule has 0 saturated heterocycles. The minimum absolute atomic E-state index is 0.176. The standard InChI is InChI=1S/C13H13BO2/c14-9-3-4-12-10(7-9)11(15)8-13(16-12)5-1-2-6-13/h3-4,7H,1-2,5-6,8H2. The zero-order valence-corrected chi connectivity index (χ0v) is 9.16. The molecular formula is C13H13BO2. The van der Waals surface area contributed by atoms with Crippen LogP contribution in [0.3, 0.4) is 0 Å². The summed E-state index contributed by atoms with van der Waals surface area (Å²) in [5.41, 5.74) is 1.07. The van der Waals surface area contributed by atoms with E-state index in [0.29, 0.717) is 23.2 Å². The molecule has 1 fully saturated rings. The first-order valence-electron chi connectivity index (χ1n) is 5.80. The molecule has 2 aliphatic rings. The molecule has 1 aromatic rings. The summed E-state index contributed by atoms with van der Waals surface area (Å²) in [5.74, 6) is 0.891. The first-order valence-corrected chi connectivity index (χ1v) is 5.80. The van der Waals surface area contributed by atoms with Gasteiger partial charge in [0.1, 0.15) is 19.2 Å².